The summed E-state index contributed by atoms with van der Waals surface area (Å²) in [6, 6.07) is 18.2. The van der Waals surface area contributed by atoms with Gasteiger partial charge in [0.1, 0.15) is 5.82 Å². The van der Waals surface area contributed by atoms with Crippen molar-refractivity contribution in [3.63, 3.8) is 0 Å². The molecule has 2 aromatic carbocycles. The van der Waals surface area contributed by atoms with Crippen LogP contribution in [-0.4, -0.2) is 38.4 Å². The first-order chi connectivity index (χ1) is 13.6. The van der Waals surface area contributed by atoms with Gasteiger partial charge in [-0.2, -0.15) is 0 Å². The molecule has 0 bridgehead atoms. The molecule has 6 heteroatoms. The van der Waals surface area contributed by atoms with Crippen LogP contribution in [0.5, 0.6) is 0 Å². The number of carbonyl (C=O) groups excluding carboxylic acids is 1. The van der Waals surface area contributed by atoms with E-state index in [0.29, 0.717) is 23.4 Å². The fraction of sp³-hybridized carbons (Fsp3) is 0.318. The van der Waals surface area contributed by atoms with E-state index in [1.807, 2.05) is 54.2 Å². The summed E-state index contributed by atoms with van der Waals surface area (Å²) in [7, 11) is 1.85. The van der Waals surface area contributed by atoms with Crippen LogP contribution in [0.1, 0.15) is 35.7 Å². The maximum absolute atomic E-state index is 12.6. The molecule has 5 nitrogen and oxygen atoms in total. The molecule has 144 valence electrons. The van der Waals surface area contributed by atoms with E-state index in [2.05, 4.69) is 24.2 Å². The summed E-state index contributed by atoms with van der Waals surface area (Å²) in [6.45, 7) is 2.69. The van der Waals surface area contributed by atoms with Crippen molar-refractivity contribution in [2.45, 2.75) is 37.4 Å². The number of thioether (sulfide) groups is 1. The fourth-order valence-electron chi connectivity index (χ4n) is 3.10. The molecule has 1 saturated carbocycles. The lowest BCUT2D eigenvalue weighted by atomic mass is 10.1. The second-order valence-corrected chi connectivity index (χ2v) is 8.18. The number of amides is 1. The number of hydrogen-bond donors (Lipinski definition) is 0. The molecule has 0 spiro atoms. The Labute approximate surface area is 169 Å². The van der Waals surface area contributed by atoms with Gasteiger partial charge < -0.3 is 4.90 Å². The average molecular weight is 393 g/mol. The molecule has 3 aromatic rings. The number of nitrogens with zero attached hydrogens (tertiary/aromatic N) is 4. The van der Waals surface area contributed by atoms with Crippen LogP contribution in [0.2, 0.25) is 0 Å². The summed E-state index contributed by atoms with van der Waals surface area (Å²) < 4.78 is 1.93. The van der Waals surface area contributed by atoms with Crippen molar-refractivity contribution in [2.75, 3.05) is 12.8 Å². The van der Waals surface area contributed by atoms with E-state index in [1.54, 1.807) is 4.90 Å². The standard InChI is InChI=1S/C22H24N4OS/c1-16-8-6-7-9-18(16)14-25(2)20(27)15-28-22-23-21(17-12-13-17)26(24-22)19-10-4-3-5-11-19/h3-11,17H,12-15H2,1-2H3. The fourth-order valence-corrected chi connectivity index (χ4v) is 3.87. The molecular formula is C22H24N4OS. The van der Waals surface area contributed by atoms with Crippen LogP contribution in [0.3, 0.4) is 0 Å². The Morgan fingerprint density at radius 3 is 2.57 bits per heavy atom. The molecule has 0 unspecified atom stereocenters. The summed E-state index contributed by atoms with van der Waals surface area (Å²) in [4.78, 5) is 19.1. The summed E-state index contributed by atoms with van der Waals surface area (Å²) >= 11 is 1.41. The minimum atomic E-state index is 0.0808. The average Bonchev–Trinajstić information content (AvgIpc) is 3.47. The largest absolute Gasteiger partial charge is 0.341 e. The van der Waals surface area contributed by atoms with E-state index in [9.17, 15) is 4.79 Å². The zero-order chi connectivity index (χ0) is 19.5. The molecule has 0 N–H and O–H groups in total. The third-order valence-electron chi connectivity index (χ3n) is 4.98. The van der Waals surface area contributed by atoms with Crippen molar-refractivity contribution in [2.24, 2.45) is 0 Å². The van der Waals surface area contributed by atoms with Gasteiger partial charge in [-0.1, -0.05) is 54.2 Å². The van der Waals surface area contributed by atoms with Crippen LogP contribution in [0, 0.1) is 6.92 Å². The van der Waals surface area contributed by atoms with Crippen LogP contribution in [0.25, 0.3) is 5.69 Å². The third kappa shape index (κ3) is 4.28. The molecule has 1 aliphatic carbocycles. The number of aryl methyl sites for hydroxylation is 1. The minimum absolute atomic E-state index is 0.0808. The van der Waals surface area contributed by atoms with E-state index in [-0.39, 0.29) is 5.91 Å². The van der Waals surface area contributed by atoms with Crippen molar-refractivity contribution in [1.29, 1.82) is 0 Å². The normalized spacial score (nSPS) is 13.5. The van der Waals surface area contributed by atoms with Gasteiger partial charge >= 0.3 is 0 Å². The summed E-state index contributed by atoms with van der Waals surface area (Å²) in [5.74, 6) is 1.92. The lowest BCUT2D eigenvalue weighted by Gasteiger charge is -2.18. The first-order valence-electron chi connectivity index (χ1n) is 9.55. The molecule has 0 radical (unpaired) electrons. The molecule has 1 fully saturated rings. The predicted molar refractivity (Wildman–Crippen MR) is 112 cm³/mol. The van der Waals surface area contributed by atoms with Crippen molar-refractivity contribution in [3.05, 3.63) is 71.5 Å². The molecule has 28 heavy (non-hydrogen) atoms. The van der Waals surface area contributed by atoms with Crippen LogP contribution >= 0.6 is 11.8 Å². The Bertz CT molecular complexity index is 966. The summed E-state index contributed by atoms with van der Waals surface area (Å²) in [5.41, 5.74) is 3.39. The highest BCUT2D eigenvalue weighted by Crippen LogP contribution is 2.40. The maximum Gasteiger partial charge on any atom is 0.233 e. The molecule has 1 amide bonds. The van der Waals surface area contributed by atoms with Gasteiger partial charge in [-0.15, -0.1) is 5.10 Å². The molecule has 1 aromatic heterocycles. The van der Waals surface area contributed by atoms with Crippen molar-refractivity contribution < 1.29 is 4.79 Å². The summed E-state index contributed by atoms with van der Waals surface area (Å²) in [5, 5.41) is 5.34. The van der Waals surface area contributed by atoms with Crippen LogP contribution in [0.15, 0.2) is 59.8 Å². The molecular weight excluding hydrogens is 368 g/mol. The molecule has 1 aliphatic rings. The molecule has 1 heterocycles. The van der Waals surface area contributed by atoms with Gasteiger partial charge in [0.05, 0.1) is 11.4 Å². The van der Waals surface area contributed by atoms with Crippen molar-refractivity contribution in [1.82, 2.24) is 19.7 Å². The predicted octanol–water partition coefficient (Wildman–Crippen LogP) is 4.20. The van der Waals surface area contributed by atoms with Crippen molar-refractivity contribution in [3.8, 4) is 5.69 Å². The molecule has 0 atom stereocenters. The van der Waals surface area contributed by atoms with E-state index < -0.39 is 0 Å². The van der Waals surface area contributed by atoms with E-state index in [0.717, 1.165) is 24.4 Å². The molecule has 4 rings (SSSR count). The second-order valence-electron chi connectivity index (χ2n) is 7.24. The van der Waals surface area contributed by atoms with E-state index >= 15 is 0 Å². The quantitative estimate of drug-likeness (QED) is 0.566. The lowest BCUT2D eigenvalue weighted by molar-refractivity contribution is -0.127. The van der Waals surface area contributed by atoms with Gasteiger partial charge in [-0.05, 0) is 43.0 Å². The minimum Gasteiger partial charge on any atom is -0.341 e. The highest BCUT2D eigenvalue weighted by molar-refractivity contribution is 7.99. The first kappa shape index (κ1) is 18.7. The Hall–Kier alpha value is -2.60. The highest BCUT2D eigenvalue weighted by Gasteiger charge is 2.30. The Balaban J connectivity index is 1.42. The smallest absolute Gasteiger partial charge is 0.233 e. The topological polar surface area (TPSA) is 51.0 Å². The van der Waals surface area contributed by atoms with Gasteiger partial charge in [0.25, 0.3) is 0 Å². The van der Waals surface area contributed by atoms with Crippen LogP contribution < -0.4 is 0 Å². The van der Waals surface area contributed by atoms with E-state index in [4.69, 9.17) is 4.98 Å². The van der Waals surface area contributed by atoms with Crippen molar-refractivity contribution >= 4 is 17.7 Å². The Kier molecular flexibility index (Phi) is 5.48. The first-order valence-corrected chi connectivity index (χ1v) is 10.5. The number of rotatable bonds is 7. The van der Waals surface area contributed by atoms with Gasteiger partial charge in [0.15, 0.2) is 0 Å². The SMILES string of the molecule is Cc1ccccc1CN(C)C(=O)CSc1nc(C2CC2)n(-c2ccccc2)n1. The number of carbonyl (C=O) groups is 1. The van der Waals surface area contributed by atoms with Crippen LogP contribution in [-0.2, 0) is 11.3 Å². The van der Waals surface area contributed by atoms with Gasteiger partial charge in [0, 0.05) is 19.5 Å². The lowest BCUT2D eigenvalue weighted by Crippen LogP contribution is -2.28. The Morgan fingerprint density at radius 1 is 1.14 bits per heavy atom. The summed E-state index contributed by atoms with van der Waals surface area (Å²) in [6.07, 6.45) is 2.32. The number of aromatic nitrogens is 3. The van der Waals surface area contributed by atoms with Gasteiger partial charge in [-0.25, -0.2) is 9.67 Å². The van der Waals surface area contributed by atoms with Crippen LogP contribution in [0.4, 0.5) is 0 Å². The second kappa shape index (κ2) is 8.19. The number of benzene rings is 2. The number of para-hydroxylation sites is 1. The van der Waals surface area contributed by atoms with Gasteiger partial charge in [-0.3, -0.25) is 4.79 Å². The van der Waals surface area contributed by atoms with E-state index in [1.165, 1.54) is 22.9 Å². The monoisotopic (exact) mass is 392 g/mol. The maximum atomic E-state index is 12.6. The highest BCUT2D eigenvalue weighted by atomic mass is 32.2. The molecule has 0 aliphatic heterocycles. The zero-order valence-electron chi connectivity index (χ0n) is 16.2. The number of hydrogen-bond acceptors (Lipinski definition) is 4. The third-order valence-corrected chi connectivity index (χ3v) is 5.80. The Morgan fingerprint density at radius 2 is 1.86 bits per heavy atom. The zero-order valence-corrected chi connectivity index (χ0v) is 17.0. The van der Waals surface area contributed by atoms with Gasteiger partial charge in [0.2, 0.25) is 11.1 Å². The molecule has 0 saturated heterocycles.